The molecule has 196 valence electrons. The second kappa shape index (κ2) is 10.1. The molecule has 0 radical (unpaired) electrons. The number of alkyl halides is 3. The summed E-state index contributed by atoms with van der Waals surface area (Å²) in [4.78, 5) is 32.6. The van der Waals surface area contributed by atoms with Gasteiger partial charge in [0.1, 0.15) is 11.2 Å². The van der Waals surface area contributed by atoms with Gasteiger partial charge in [0.2, 0.25) is 5.91 Å². The average Bonchev–Trinajstić information content (AvgIpc) is 3.61. The van der Waals surface area contributed by atoms with E-state index in [1.165, 1.54) is 0 Å². The third-order valence-electron chi connectivity index (χ3n) is 6.54. The van der Waals surface area contributed by atoms with E-state index in [1.54, 1.807) is 48.5 Å². The molecule has 11 heteroatoms. The Kier molecular flexibility index (Phi) is 6.96. The molecule has 5 rings (SSSR count). The van der Waals surface area contributed by atoms with Crippen molar-refractivity contribution < 1.29 is 22.8 Å². The fraction of sp³-hybridized carbons (Fsp3) is 0.222. The van der Waals surface area contributed by atoms with Crippen LogP contribution in [0.3, 0.4) is 0 Å². The lowest BCUT2D eigenvalue weighted by molar-refractivity contribution is -0.192. The molecule has 4 aromatic rings. The van der Waals surface area contributed by atoms with Gasteiger partial charge in [0.15, 0.2) is 0 Å². The molecular formula is C27H21BrClF3N4O2. The number of aromatic amines is 1. The summed E-state index contributed by atoms with van der Waals surface area (Å²) < 4.78 is 40.5. The van der Waals surface area contributed by atoms with Crippen molar-refractivity contribution in [1.82, 2.24) is 15.3 Å². The minimum atomic E-state index is -4.55. The van der Waals surface area contributed by atoms with Crippen molar-refractivity contribution in [1.29, 1.82) is 0 Å². The number of hydrogen-bond acceptors (Lipinski definition) is 3. The van der Waals surface area contributed by atoms with Gasteiger partial charge in [0.25, 0.3) is 5.91 Å². The zero-order valence-corrected chi connectivity index (χ0v) is 22.1. The van der Waals surface area contributed by atoms with Crippen LogP contribution in [0.5, 0.6) is 0 Å². The number of nitrogens with one attached hydrogen (secondary N) is 3. The molecule has 0 unspecified atom stereocenters. The van der Waals surface area contributed by atoms with Gasteiger partial charge in [-0.15, -0.1) is 0 Å². The Balaban J connectivity index is 1.27. The van der Waals surface area contributed by atoms with Gasteiger partial charge in [-0.3, -0.25) is 9.59 Å². The molecule has 38 heavy (non-hydrogen) atoms. The number of rotatable bonds is 7. The maximum atomic E-state index is 13.2. The van der Waals surface area contributed by atoms with E-state index in [1.807, 2.05) is 12.1 Å². The van der Waals surface area contributed by atoms with Gasteiger partial charge in [-0.2, -0.15) is 13.2 Å². The van der Waals surface area contributed by atoms with Gasteiger partial charge >= 0.3 is 6.18 Å². The lowest BCUT2D eigenvalue weighted by Crippen LogP contribution is -2.40. The van der Waals surface area contributed by atoms with E-state index < -0.39 is 17.5 Å². The summed E-state index contributed by atoms with van der Waals surface area (Å²) in [5.41, 5.74) is 1.52. The summed E-state index contributed by atoms with van der Waals surface area (Å²) in [7, 11) is 0. The van der Waals surface area contributed by atoms with Crippen LogP contribution in [-0.4, -0.2) is 28.0 Å². The van der Waals surface area contributed by atoms with Gasteiger partial charge in [-0.05, 0) is 72.5 Å². The van der Waals surface area contributed by atoms with Crippen LogP contribution in [0.1, 0.15) is 40.2 Å². The molecule has 3 N–H and O–H groups in total. The van der Waals surface area contributed by atoms with Crippen molar-refractivity contribution in [2.24, 2.45) is 5.41 Å². The van der Waals surface area contributed by atoms with E-state index in [0.717, 1.165) is 4.47 Å². The number of hydrogen-bond donors (Lipinski definition) is 3. The summed E-state index contributed by atoms with van der Waals surface area (Å²) in [6.07, 6.45) is -4.60. The fourth-order valence-electron chi connectivity index (χ4n) is 4.19. The predicted octanol–water partition coefficient (Wildman–Crippen LogP) is 6.78. The van der Waals surface area contributed by atoms with Crippen molar-refractivity contribution in [2.75, 3.05) is 5.32 Å². The molecule has 1 heterocycles. The van der Waals surface area contributed by atoms with Crippen LogP contribution < -0.4 is 10.6 Å². The molecule has 0 saturated heterocycles. The van der Waals surface area contributed by atoms with Gasteiger partial charge in [0.05, 0.1) is 11.0 Å². The number of imidazole rings is 1. The summed E-state index contributed by atoms with van der Waals surface area (Å²) in [6.45, 7) is -0.0438. The zero-order chi connectivity index (χ0) is 27.1. The monoisotopic (exact) mass is 604 g/mol. The molecule has 0 atom stereocenters. The maximum Gasteiger partial charge on any atom is 0.403 e. The predicted molar refractivity (Wildman–Crippen MR) is 142 cm³/mol. The van der Waals surface area contributed by atoms with Crippen molar-refractivity contribution in [3.8, 4) is 0 Å². The van der Waals surface area contributed by atoms with E-state index in [4.69, 9.17) is 11.6 Å². The quantitative estimate of drug-likeness (QED) is 0.217. The SMILES string of the molecule is O=C(Nc1ccc(Br)cc1)c1ccc2nc(Cc3cc(CNC(=O)C4(C(F)(F)F)CC4)ccc3Cl)[nH]c2c1. The first-order chi connectivity index (χ1) is 18.0. The Labute approximate surface area is 229 Å². The highest BCUT2D eigenvalue weighted by Crippen LogP contribution is 2.57. The molecule has 3 aromatic carbocycles. The third kappa shape index (κ3) is 5.42. The number of carbonyl (C=O) groups excluding carboxylic acids is 2. The Bertz CT molecular complexity index is 1530. The molecule has 0 spiro atoms. The number of aromatic nitrogens is 2. The summed E-state index contributed by atoms with van der Waals surface area (Å²) >= 11 is 9.73. The van der Waals surface area contributed by atoms with Crippen molar-refractivity contribution >= 4 is 56.1 Å². The van der Waals surface area contributed by atoms with Crippen LogP contribution >= 0.6 is 27.5 Å². The molecule has 1 aliphatic carbocycles. The number of carbonyl (C=O) groups is 2. The van der Waals surface area contributed by atoms with Crippen LogP contribution in [0.2, 0.25) is 5.02 Å². The molecule has 2 amide bonds. The zero-order valence-electron chi connectivity index (χ0n) is 19.8. The van der Waals surface area contributed by atoms with Crippen molar-refractivity contribution in [3.05, 3.63) is 92.7 Å². The minimum Gasteiger partial charge on any atom is -0.351 e. The highest BCUT2D eigenvalue weighted by Gasteiger charge is 2.68. The molecular weight excluding hydrogens is 585 g/mol. The van der Waals surface area contributed by atoms with Crippen molar-refractivity contribution in [3.63, 3.8) is 0 Å². The largest absolute Gasteiger partial charge is 0.403 e. The molecule has 6 nitrogen and oxygen atoms in total. The lowest BCUT2D eigenvalue weighted by Gasteiger charge is -2.18. The number of benzene rings is 3. The number of amides is 2. The van der Waals surface area contributed by atoms with E-state index >= 15 is 0 Å². The van der Waals surface area contributed by atoms with Crippen LogP contribution in [0.25, 0.3) is 11.0 Å². The molecule has 1 aliphatic rings. The van der Waals surface area contributed by atoms with Crippen LogP contribution in [0.4, 0.5) is 18.9 Å². The smallest absolute Gasteiger partial charge is 0.351 e. The summed E-state index contributed by atoms with van der Waals surface area (Å²) in [6, 6.07) is 17.4. The lowest BCUT2D eigenvalue weighted by atomic mass is 10.0. The second-order valence-electron chi connectivity index (χ2n) is 9.24. The van der Waals surface area contributed by atoms with Crippen LogP contribution in [0.15, 0.2) is 65.1 Å². The first kappa shape index (κ1) is 26.2. The number of H-pyrrole nitrogens is 1. The maximum absolute atomic E-state index is 13.2. The van der Waals surface area contributed by atoms with Crippen molar-refractivity contribution in [2.45, 2.75) is 32.0 Å². The number of nitrogens with zero attached hydrogens (tertiary/aromatic N) is 1. The summed E-state index contributed by atoms with van der Waals surface area (Å²) in [5, 5.41) is 5.72. The Hall–Kier alpha value is -3.37. The second-order valence-corrected chi connectivity index (χ2v) is 10.6. The van der Waals surface area contributed by atoms with Gasteiger partial charge < -0.3 is 15.6 Å². The normalized spacial score (nSPS) is 14.3. The minimum absolute atomic E-state index is 0.0438. The molecule has 1 fully saturated rings. The first-order valence-corrected chi connectivity index (χ1v) is 12.9. The van der Waals surface area contributed by atoms with Gasteiger partial charge in [0, 0.05) is 33.7 Å². The molecule has 1 saturated carbocycles. The van der Waals surface area contributed by atoms with E-state index in [0.29, 0.717) is 50.7 Å². The van der Waals surface area contributed by atoms with E-state index in [2.05, 4.69) is 36.5 Å². The van der Waals surface area contributed by atoms with Gasteiger partial charge in [-0.1, -0.05) is 39.7 Å². The topological polar surface area (TPSA) is 86.9 Å². The first-order valence-electron chi connectivity index (χ1n) is 11.7. The van der Waals surface area contributed by atoms with Crippen LogP contribution in [-0.2, 0) is 17.8 Å². The van der Waals surface area contributed by atoms with Crippen LogP contribution in [0, 0.1) is 5.41 Å². The van der Waals surface area contributed by atoms with E-state index in [9.17, 15) is 22.8 Å². The Morgan fingerprint density at radius 2 is 1.79 bits per heavy atom. The summed E-state index contributed by atoms with van der Waals surface area (Å²) in [5.74, 6) is -0.664. The fourth-order valence-corrected chi connectivity index (χ4v) is 4.64. The molecule has 0 bridgehead atoms. The van der Waals surface area contributed by atoms with E-state index in [-0.39, 0.29) is 25.3 Å². The molecule has 1 aromatic heterocycles. The molecule has 0 aliphatic heterocycles. The highest BCUT2D eigenvalue weighted by atomic mass is 79.9. The number of fused-ring (bicyclic) bond motifs is 1. The number of halogens is 5. The number of anilines is 1. The Morgan fingerprint density at radius 1 is 1.05 bits per heavy atom. The average molecular weight is 606 g/mol. The highest BCUT2D eigenvalue weighted by molar-refractivity contribution is 9.10. The third-order valence-corrected chi connectivity index (χ3v) is 7.44. The standard InChI is InChI=1S/C27H21BrClF3N4O2/c28-18-3-5-19(6-4-18)34-24(37)16-2-8-21-22(12-16)36-23(35-21)13-17-11-15(1-7-20(17)29)14-33-25(38)26(9-10-26)27(30,31)32/h1-8,11-12H,9-10,13-14H2,(H,33,38)(H,34,37)(H,35,36). The Morgan fingerprint density at radius 3 is 2.47 bits per heavy atom. The van der Waals surface area contributed by atoms with Gasteiger partial charge in [-0.25, -0.2) is 4.98 Å².